The number of carbonyl (C=O) groups excluding carboxylic acids is 1. The normalized spacial score (nSPS) is 16.1. The highest BCUT2D eigenvalue weighted by Gasteiger charge is 2.28. The van der Waals surface area contributed by atoms with E-state index in [1.54, 1.807) is 36.4 Å². The highest BCUT2D eigenvalue weighted by molar-refractivity contribution is 7.91. The van der Waals surface area contributed by atoms with Crippen LogP contribution in [0.25, 0.3) is 0 Å². The van der Waals surface area contributed by atoms with E-state index in [0.717, 1.165) is 16.9 Å². The maximum Gasteiger partial charge on any atom is 0.252 e. The largest absolute Gasteiger partial charge is 0.492 e. The summed E-state index contributed by atoms with van der Waals surface area (Å²) in [5, 5.41) is 1.76. The number of fused-ring (bicyclic) bond motifs is 1. The van der Waals surface area contributed by atoms with Crippen molar-refractivity contribution < 1.29 is 17.9 Å². The molecule has 1 amide bonds. The van der Waals surface area contributed by atoms with Gasteiger partial charge in [-0.15, -0.1) is 11.3 Å². The summed E-state index contributed by atoms with van der Waals surface area (Å²) in [5.74, 6) is 0.740. The van der Waals surface area contributed by atoms with Crippen LogP contribution in [0.4, 0.5) is 0 Å². The highest BCUT2D eigenvalue weighted by atomic mass is 32.2. The SMILES string of the molecule is CC(=O)N(C)C(C)Cc1ccc2c(c1)CN(S(=O)(=O)c1cccs1)CCO2. The van der Waals surface area contributed by atoms with Gasteiger partial charge in [-0.2, -0.15) is 4.31 Å². The minimum atomic E-state index is -3.53. The van der Waals surface area contributed by atoms with Gasteiger partial charge in [0.05, 0.1) is 0 Å². The average Bonchev–Trinajstić information content (AvgIpc) is 3.08. The second kappa shape index (κ2) is 8.00. The van der Waals surface area contributed by atoms with Gasteiger partial charge in [-0.25, -0.2) is 8.42 Å². The molecule has 1 aromatic carbocycles. The fourth-order valence-corrected chi connectivity index (χ4v) is 5.63. The number of hydrogen-bond donors (Lipinski definition) is 0. The molecule has 0 bridgehead atoms. The lowest BCUT2D eigenvalue weighted by Crippen LogP contribution is -2.34. The number of ether oxygens (including phenoxy) is 1. The lowest BCUT2D eigenvalue weighted by molar-refractivity contribution is -0.129. The van der Waals surface area contributed by atoms with Gasteiger partial charge in [0.15, 0.2) is 0 Å². The minimum absolute atomic E-state index is 0.0220. The Balaban J connectivity index is 1.83. The number of thiophene rings is 1. The van der Waals surface area contributed by atoms with Crippen molar-refractivity contribution in [3.8, 4) is 5.75 Å². The van der Waals surface area contributed by atoms with E-state index in [0.29, 0.717) is 23.8 Å². The average molecular weight is 409 g/mol. The van der Waals surface area contributed by atoms with Crippen LogP contribution in [-0.4, -0.2) is 49.8 Å². The number of likely N-dealkylation sites (N-methyl/N-ethyl adjacent to an activating group) is 1. The van der Waals surface area contributed by atoms with Crippen LogP contribution in [0, 0.1) is 0 Å². The number of hydrogen-bond acceptors (Lipinski definition) is 5. The van der Waals surface area contributed by atoms with Gasteiger partial charge < -0.3 is 9.64 Å². The van der Waals surface area contributed by atoms with E-state index in [1.807, 2.05) is 25.1 Å². The first-order valence-corrected chi connectivity index (χ1v) is 11.1. The summed E-state index contributed by atoms with van der Waals surface area (Å²) in [5.41, 5.74) is 1.90. The first-order valence-electron chi connectivity index (χ1n) is 8.80. The van der Waals surface area contributed by atoms with Crippen molar-refractivity contribution in [3.63, 3.8) is 0 Å². The Morgan fingerprint density at radius 1 is 1.37 bits per heavy atom. The van der Waals surface area contributed by atoms with Crippen molar-refractivity contribution in [2.75, 3.05) is 20.2 Å². The zero-order valence-electron chi connectivity index (χ0n) is 15.7. The Labute approximate surface area is 164 Å². The third kappa shape index (κ3) is 4.34. The molecular weight excluding hydrogens is 384 g/mol. The van der Waals surface area contributed by atoms with Crippen LogP contribution in [-0.2, 0) is 27.8 Å². The molecule has 3 rings (SSSR count). The van der Waals surface area contributed by atoms with Crippen LogP contribution in [0.3, 0.4) is 0 Å². The van der Waals surface area contributed by atoms with Gasteiger partial charge in [-0.05, 0) is 36.4 Å². The summed E-state index contributed by atoms with van der Waals surface area (Å²) in [7, 11) is -1.74. The molecule has 27 heavy (non-hydrogen) atoms. The van der Waals surface area contributed by atoms with Crippen molar-refractivity contribution in [2.45, 2.75) is 37.1 Å². The summed E-state index contributed by atoms with van der Waals surface area (Å²) in [6.07, 6.45) is 0.695. The van der Waals surface area contributed by atoms with E-state index in [9.17, 15) is 13.2 Å². The molecule has 0 fully saturated rings. The van der Waals surface area contributed by atoms with Crippen LogP contribution in [0.15, 0.2) is 39.9 Å². The molecule has 0 spiro atoms. The third-order valence-corrected chi connectivity index (χ3v) is 8.07. The van der Waals surface area contributed by atoms with Crippen LogP contribution < -0.4 is 4.74 Å². The molecule has 146 valence electrons. The molecule has 1 aliphatic rings. The topological polar surface area (TPSA) is 66.9 Å². The molecule has 0 saturated heterocycles. The first kappa shape index (κ1) is 19.9. The van der Waals surface area contributed by atoms with E-state index >= 15 is 0 Å². The zero-order chi connectivity index (χ0) is 19.6. The fraction of sp³-hybridized carbons (Fsp3) is 0.421. The quantitative estimate of drug-likeness (QED) is 0.763. The Hall–Kier alpha value is -1.90. The zero-order valence-corrected chi connectivity index (χ0v) is 17.3. The smallest absolute Gasteiger partial charge is 0.252 e. The van der Waals surface area contributed by atoms with Crippen molar-refractivity contribution in [1.29, 1.82) is 0 Å². The summed E-state index contributed by atoms with van der Waals surface area (Å²) in [6, 6.07) is 9.28. The van der Waals surface area contributed by atoms with Gasteiger partial charge >= 0.3 is 0 Å². The molecule has 8 heteroatoms. The van der Waals surface area contributed by atoms with E-state index < -0.39 is 10.0 Å². The Bertz CT molecular complexity index is 910. The molecular formula is C19H24N2O4S2. The number of benzene rings is 1. The summed E-state index contributed by atoms with van der Waals surface area (Å²) in [4.78, 5) is 13.3. The van der Waals surface area contributed by atoms with Gasteiger partial charge in [0.1, 0.15) is 16.6 Å². The molecule has 1 aromatic heterocycles. The van der Waals surface area contributed by atoms with Crippen molar-refractivity contribution in [3.05, 3.63) is 46.8 Å². The van der Waals surface area contributed by atoms with E-state index in [-0.39, 0.29) is 18.5 Å². The van der Waals surface area contributed by atoms with Crippen LogP contribution in [0.1, 0.15) is 25.0 Å². The Morgan fingerprint density at radius 2 is 2.15 bits per heavy atom. The van der Waals surface area contributed by atoms with Gasteiger partial charge in [-0.3, -0.25) is 4.79 Å². The molecule has 0 radical (unpaired) electrons. The second-order valence-corrected chi connectivity index (χ2v) is 9.86. The van der Waals surface area contributed by atoms with E-state index in [2.05, 4.69) is 0 Å². The monoisotopic (exact) mass is 408 g/mol. The molecule has 0 aliphatic carbocycles. The molecule has 1 aliphatic heterocycles. The van der Waals surface area contributed by atoms with Crippen LogP contribution >= 0.6 is 11.3 Å². The number of rotatable bonds is 5. The van der Waals surface area contributed by atoms with E-state index in [4.69, 9.17) is 4.74 Å². The molecule has 6 nitrogen and oxygen atoms in total. The van der Waals surface area contributed by atoms with Crippen molar-refractivity contribution >= 4 is 27.3 Å². The van der Waals surface area contributed by atoms with E-state index in [1.165, 1.54) is 15.6 Å². The second-order valence-electron chi connectivity index (χ2n) is 6.74. The molecule has 1 atom stereocenters. The molecule has 0 N–H and O–H groups in total. The maximum absolute atomic E-state index is 12.9. The lowest BCUT2D eigenvalue weighted by Gasteiger charge is -2.24. The molecule has 2 aromatic rings. The van der Waals surface area contributed by atoms with Gasteiger partial charge in [0.25, 0.3) is 10.0 Å². The maximum atomic E-state index is 12.9. The standard InChI is InChI=1S/C19H24N2O4S2/c1-14(20(3)15(2)22)11-16-6-7-18-17(12-16)13-21(8-9-25-18)27(23,24)19-5-4-10-26-19/h4-7,10,12,14H,8-9,11,13H2,1-3H3. The number of carbonyl (C=O) groups is 1. The number of nitrogens with zero attached hydrogens (tertiary/aromatic N) is 2. The molecule has 0 saturated carbocycles. The fourth-order valence-electron chi connectivity index (χ4n) is 3.08. The van der Waals surface area contributed by atoms with Crippen molar-refractivity contribution in [1.82, 2.24) is 9.21 Å². The highest BCUT2D eigenvalue weighted by Crippen LogP contribution is 2.29. The van der Waals surface area contributed by atoms with Crippen LogP contribution in [0.2, 0.25) is 0 Å². The first-order chi connectivity index (χ1) is 12.8. The lowest BCUT2D eigenvalue weighted by atomic mass is 10.0. The molecule has 1 unspecified atom stereocenters. The predicted molar refractivity (Wildman–Crippen MR) is 105 cm³/mol. The number of sulfonamides is 1. The number of amides is 1. The molecule has 2 heterocycles. The summed E-state index contributed by atoms with van der Waals surface area (Å²) < 4.78 is 33.3. The van der Waals surface area contributed by atoms with Crippen molar-refractivity contribution in [2.24, 2.45) is 0 Å². The Morgan fingerprint density at radius 3 is 2.81 bits per heavy atom. The third-order valence-electron chi connectivity index (χ3n) is 4.85. The minimum Gasteiger partial charge on any atom is -0.492 e. The predicted octanol–water partition coefficient (Wildman–Crippen LogP) is 2.74. The van der Waals surface area contributed by atoms with Gasteiger partial charge in [-0.1, -0.05) is 18.2 Å². The van der Waals surface area contributed by atoms with Crippen LogP contribution in [0.5, 0.6) is 5.75 Å². The Kier molecular flexibility index (Phi) is 5.88. The summed E-state index contributed by atoms with van der Waals surface area (Å²) in [6.45, 7) is 4.46. The van der Waals surface area contributed by atoms with Gasteiger partial charge in [0.2, 0.25) is 5.91 Å². The summed E-state index contributed by atoms with van der Waals surface area (Å²) >= 11 is 1.22. The van der Waals surface area contributed by atoms with Gasteiger partial charge in [0, 0.05) is 38.7 Å².